The maximum absolute atomic E-state index is 10.5. The lowest BCUT2D eigenvalue weighted by atomic mass is 9.73. The van der Waals surface area contributed by atoms with E-state index in [0.717, 1.165) is 37.8 Å². The molecule has 0 saturated heterocycles. The molecule has 2 aliphatic carbocycles. The molecule has 5 atom stereocenters. The molecule has 0 bridgehead atoms. The van der Waals surface area contributed by atoms with E-state index in [9.17, 15) is 15.0 Å². The number of carboxylic acids is 1. The molecule has 2 fully saturated rings. The summed E-state index contributed by atoms with van der Waals surface area (Å²) < 4.78 is 0. The van der Waals surface area contributed by atoms with Gasteiger partial charge in [-0.15, -0.1) is 0 Å². The Morgan fingerprint density at radius 2 is 1.89 bits per heavy atom. The lowest BCUT2D eigenvalue weighted by molar-refractivity contribution is -0.142. The molecule has 3 N–H and O–H groups in total. The van der Waals surface area contributed by atoms with Crippen molar-refractivity contribution < 1.29 is 25.0 Å². The molecule has 0 amide bonds. The van der Waals surface area contributed by atoms with Crippen LogP contribution in [0.25, 0.3) is 0 Å². The van der Waals surface area contributed by atoms with Crippen LogP contribution in [-0.4, -0.2) is 45.8 Å². The Morgan fingerprint density at radius 3 is 2.59 bits per heavy atom. The largest absolute Gasteiger partial charge is 0.479 e. The highest BCUT2D eigenvalue weighted by molar-refractivity contribution is 5.93. The van der Waals surface area contributed by atoms with E-state index < -0.39 is 12.6 Å². The van der Waals surface area contributed by atoms with Gasteiger partial charge in [-0.1, -0.05) is 57.0 Å². The summed E-state index contributed by atoms with van der Waals surface area (Å²) in [5.41, 5.74) is 0.881. The number of carbonyl (C=O) groups is 1. The molecular weight excluding hydrogens is 346 g/mol. The first-order valence-electron chi connectivity index (χ1n) is 10.8. The fourth-order valence-electron chi connectivity index (χ4n) is 4.56. The Balaban J connectivity index is 1.58. The number of unbranched alkanes of at least 4 members (excludes halogenated alkanes) is 6. The fraction of sp³-hybridized carbons (Fsp3) is 0.905. The standard InChI is InChI=1S/C21H37NO5/c1-2-3-4-5-6-7-8-9-16(23)11-10-15-12-17-18(21(15)26)13-19(17)22-27-14-20(24)25/h15-18,21,23,26H,2-14H2,1H3,(H,24,25)/b22-19-. The average Bonchev–Trinajstić information content (AvgIpc) is 2.86. The number of aliphatic hydroxyl groups excluding tert-OH is 2. The monoisotopic (exact) mass is 383 g/mol. The van der Waals surface area contributed by atoms with Crippen molar-refractivity contribution >= 4 is 11.7 Å². The molecule has 0 aromatic carbocycles. The molecule has 0 aliphatic heterocycles. The van der Waals surface area contributed by atoms with Crippen molar-refractivity contribution in [2.24, 2.45) is 22.9 Å². The minimum Gasteiger partial charge on any atom is -0.479 e. The second-order valence-electron chi connectivity index (χ2n) is 8.35. The van der Waals surface area contributed by atoms with Crippen LogP contribution in [-0.2, 0) is 9.63 Å². The van der Waals surface area contributed by atoms with Crippen molar-refractivity contribution in [3.63, 3.8) is 0 Å². The second kappa shape index (κ2) is 11.6. The van der Waals surface area contributed by atoms with Crippen LogP contribution in [0.3, 0.4) is 0 Å². The minimum absolute atomic E-state index is 0.205. The molecular formula is C21H37NO5. The molecule has 0 radical (unpaired) electrons. The van der Waals surface area contributed by atoms with Gasteiger partial charge in [-0.25, -0.2) is 4.79 Å². The summed E-state index contributed by atoms with van der Waals surface area (Å²) in [6, 6.07) is 0. The molecule has 2 rings (SSSR count). The SMILES string of the molecule is CCCCCCCCCC(O)CCC1CC2/C(=N\OCC(=O)O)CC2C1O. The predicted molar refractivity (Wildman–Crippen MR) is 105 cm³/mol. The molecule has 2 saturated carbocycles. The first-order valence-corrected chi connectivity index (χ1v) is 10.8. The van der Waals surface area contributed by atoms with Gasteiger partial charge in [0, 0.05) is 5.92 Å². The zero-order chi connectivity index (χ0) is 19.6. The molecule has 156 valence electrons. The van der Waals surface area contributed by atoms with Crippen LogP contribution in [0, 0.1) is 17.8 Å². The topological polar surface area (TPSA) is 99.4 Å². The van der Waals surface area contributed by atoms with E-state index in [1.165, 1.54) is 38.5 Å². The first kappa shape index (κ1) is 22.2. The zero-order valence-electron chi connectivity index (χ0n) is 16.7. The first-order chi connectivity index (χ1) is 13.0. The van der Waals surface area contributed by atoms with Crippen LogP contribution in [0.4, 0.5) is 0 Å². The Bertz CT molecular complexity index is 481. The quantitative estimate of drug-likeness (QED) is 0.313. The van der Waals surface area contributed by atoms with E-state index in [-0.39, 0.29) is 30.0 Å². The number of hydrogen-bond acceptors (Lipinski definition) is 5. The Kier molecular flexibility index (Phi) is 9.56. The number of hydrogen-bond donors (Lipinski definition) is 3. The molecule has 0 aromatic rings. The number of rotatable bonds is 14. The number of carboxylic acid groups (broad SMARTS) is 1. The molecule has 6 nitrogen and oxygen atoms in total. The summed E-state index contributed by atoms with van der Waals surface area (Å²) in [4.78, 5) is 15.3. The highest BCUT2D eigenvalue weighted by atomic mass is 16.6. The number of aliphatic hydroxyl groups is 2. The zero-order valence-corrected chi connectivity index (χ0v) is 16.7. The Labute approximate surface area is 163 Å². The van der Waals surface area contributed by atoms with Crippen LogP contribution < -0.4 is 0 Å². The highest BCUT2D eigenvalue weighted by Gasteiger charge is 2.51. The number of fused-ring (bicyclic) bond motifs is 1. The van der Waals surface area contributed by atoms with Crippen molar-refractivity contribution in [1.82, 2.24) is 0 Å². The maximum atomic E-state index is 10.5. The summed E-state index contributed by atoms with van der Waals surface area (Å²) >= 11 is 0. The van der Waals surface area contributed by atoms with E-state index in [2.05, 4.69) is 12.1 Å². The molecule has 5 unspecified atom stereocenters. The van der Waals surface area contributed by atoms with Gasteiger partial charge in [0.25, 0.3) is 0 Å². The molecule has 0 heterocycles. The van der Waals surface area contributed by atoms with Gasteiger partial charge in [0.05, 0.1) is 17.9 Å². The van der Waals surface area contributed by atoms with Crippen LogP contribution in [0.15, 0.2) is 5.16 Å². The van der Waals surface area contributed by atoms with Crippen molar-refractivity contribution in [1.29, 1.82) is 0 Å². The summed E-state index contributed by atoms with van der Waals surface area (Å²) in [7, 11) is 0. The lowest BCUT2D eigenvalue weighted by Crippen LogP contribution is -2.38. The van der Waals surface area contributed by atoms with Gasteiger partial charge >= 0.3 is 5.97 Å². The van der Waals surface area contributed by atoms with Crippen molar-refractivity contribution in [2.45, 2.75) is 96.2 Å². The third kappa shape index (κ3) is 7.07. The van der Waals surface area contributed by atoms with Gasteiger partial charge in [-0.2, -0.15) is 0 Å². The normalized spacial score (nSPS) is 29.4. The van der Waals surface area contributed by atoms with E-state index in [1.54, 1.807) is 0 Å². The van der Waals surface area contributed by atoms with Gasteiger partial charge in [0.2, 0.25) is 6.61 Å². The molecule has 27 heavy (non-hydrogen) atoms. The predicted octanol–water partition coefficient (Wildman–Crippen LogP) is 3.74. The third-order valence-corrected chi connectivity index (χ3v) is 6.25. The third-order valence-electron chi connectivity index (χ3n) is 6.25. The van der Waals surface area contributed by atoms with E-state index in [4.69, 9.17) is 9.94 Å². The van der Waals surface area contributed by atoms with Crippen LogP contribution in [0.5, 0.6) is 0 Å². The van der Waals surface area contributed by atoms with Gasteiger partial charge in [0.15, 0.2) is 0 Å². The Hall–Kier alpha value is -1.14. The van der Waals surface area contributed by atoms with Crippen LogP contribution in [0.2, 0.25) is 0 Å². The number of oxime groups is 1. The Morgan fingerprint density at radius 1 is 1.19 bits per heavy atom. The molecule has 0 spiro atoms. The average molecular weight is 384 g/mol. The van der Waals surface area contributed by atoms with E-state index in [0.29, 0.717) is 6.42 Å². The van der Waals surface area contributed by atoms with Crippen molar-refractivity contribution in [2.75, 3.05) is 6.61 Å². The van der Waals surface area contributed by atoms with Gasteiger partial charge in [0.1, 0.15) is 0 Å². The lowest BCUT2D eigenvalue weighted by Gasteiger charge is -2.33. The second-order valence-corrected chi connectivity index (χ2v) is 8.35. The molecule has 0 aromatic heterocycles. The van der Waals surface area contributed by atoms with E-state index >= 15 is 0 Å². The minimum atomic E-state index is -1.03. The smallest absolute Gasteiger partial charge is 0.344 e. The molecule has 6 heteroatoms. The summed E-state index contributed by atoms with van der Waals surface area (Å²) in [6.07, 6.45) is 12.2. The van der Waals surface area contributed by atoms with Gasteiger partial charge < -0.3 is 20.2 Å². The number of aliphatic carboxylic acids is 1. The maximum Gasteiger partial charge on any atom is 0.344 e. The van der Waals surface area contributed by atoms with Crippen LogP contribution in [0.1, 0.15) is 84.0 Å². The molecule has 2 aliphatic rings. The van der Waals surface area contributed by atoms with Crippen molar-refractivity contribution in [3.05, 3.63) is 0 Å². The van der Waals surface area contributed by atoms with E-state index in [1.807, 2.05) is 0 Å². The number of nitrogens with zero attached hydrogens (tertiary/aromatic N) is 1. The summed E-state index contributed by atoms with van der Waals surface area (Å²) in [5.74, 6) is -0.383. The van der Waals surface area contributed by atoms with Gasteiger partial charge in [-0.3, -0.25) is 0 Å². The van der Waals surface area contributed by atoms with Gasteiger partial charge in [-0.05, 0) is 43.9 Å². The van der Waals surface area contributed by atoms with Crippen LogP contribution >= 0.6 is 0 Å². The van der Waals surface area contributed by atoms with Crippen molar-refractivity contribution in [3.8, 4) is 0 Å². The summed E-state index contributed by atoms with van der Waals surface area (Å²) in [6.45, 7) is 1.81. The fourth-order valence-corrected chi connectivity index (χ4v) is 4.56. The highest BCUT2D eigenvalue weighted by Crippen LogP contribution is 2.49. The summed E-state index contributed by atoms with van der Waals surface area (Å²) in [5, 5.41) is 33.2.